The Morgan fingerprint density at radius 3 is 0.594 bits per heavy atom. The van der Waals surface area contributed by atoms with Crippen LogP contribution in [-0.4, -0.2) is 46.8 Å². The Labute approximate surface area is 190 Å². The second-order valence-electron chi connectivity index (χ2n) is 10.5. The van der Waals surface area contributed by atoms with E-state index in [2.05, 4.69) is 21.7 Å². The first-order valence-corrected chi connectivity index (χ1v) is 9.95. The van der Waals surface area contributed by atoms with E-state index in [0.717, 1.165) is 0 Å². The van der Waals surface area contributed by atoms with E-state index < -0.39 is 46.8 Å². The predicted molar refractivity (Wildman–Crippen MR) is 117 cm³/mol. The minimum atomic E-state index is -0.738. The van der Waals surface area contributed by atoms with Crippen molar-refractivity contribution in [3.63, 3.8) is 0 Å². The number of ether oxygens (including phenoxy) is 4. The van der Waals surface area contributed by atoms with Gasteiger partial charge in [-0.15, -0.1) is 0 Å². The first-order valence-electron chi connectivity index (χ1n) is 9.95. The Bertz CT molecular complexity index is 526. The van der Waals surface area contributed by atoms with Crippen LogP contribution in [0, 0.1) is 0 Å². The molecule has 0 saturated heterocycles. The quantitative estimate of drug-likeness (QED) is 0.311. The van der Waals surface area contributed by atoms with Crippen LogP contribution in [0.25, 0.3) is 0 Å². The molecule has 0 heterocycles. The molecule has 0 aliphatic rings. The summed E-state index contributed by atoms with van der Waals surface area (Å²) in [5.74, 6) is 0. The van der Waals surface area contributed by atoms with Crippen LogP contribution in [0.5, 0.6) is 0 Å². The van der Waals surface area contributed by atoms with Crippen molar-refractivity contribution >= 4 is 24.4 Å². The van der Waals surface area contributed by atoms with Crippen LogP contribution in [0.3, 0.4) is 0 Å². The molecular weight excluding hydrogens is 424 g/mol. The van der Waals surface area contributed by atoms with Gasteiger partial charge in [0.15, 0.2) is 0 Å². The smallest absolute Gasteiger partial charge is 0.426 e. The van der Waals surface area contributed by atoms with E-state index in [1.165, 1.54) is 0 Å². The van der Waals surface area contributed by atoms with Gasteiger partial charge in [0.2, 0.25) is 0 Å². The lowest BCUT2D eigenvalue weighted by Crippen LogP contribution is -2.46. The molecule has 0 aliphatic carbocycles. The van der Waals surface area contributed by atoms with E-state index in [9.17, 15) is 19.2 Å². The molecule has 0 fully saturated rings. The lowest BCUT2D eigenvalue weighted by atomic mass is 10.2. The van der Waals surface area contributed by atoms with E-state index in [4.69, 9.17) is 18.9 Å². The molecule has 0 aliphatic heterocycles. The highest BCUT2D eigenvalue weighted by atomic mass is 16.6. The standard InChI is InChI=1S/2C10H20N2O4/c2*1-9(2,3)15-7(13)11-12-8(14)16-10(4,5)6/h2*1-6H3,(H,11,13)(H,12,14). The van der Waals surface area contributed by atoms with Gasteiger partial charge < -0.3 is 18.9 Å². The van der Waals surface area contributed by atoms with Gasteiger partial charge in [-0.1, -0.05) is 0 Å². The zero-order valence-corrected chi connectivity index (χ0v) is 21.3. The molecule has 4 N–H and O–H groups in total. The molecule has 188 valence electrons. The second kappa shape index (κ2) is 12.2. The van der Waals surface area contributed by atoms with Crippen molar-refractivity contribution in [3.05, 3.63) is 0 Å². The molecule has 0 saturated carbocycles. The zero-order valence-electron chi connectivity index (χ0n) is 21.3. The van der Waals surface area contributed by atoms with Crippen molar-refractivity contribution in [2.75, 3.05) is 0 Å². The fraction of sp³-hybridized carbons (Fsp3) is 0.800. The van der Waals surface area contributed by atoms with Gasteiger partial charge in [0.1, 0.15) is 22.4 Å². The number of carbonyl (C=O) groups is 4. The lowest BCUT2D eigenvalue weighted by Gasteiger charge is -2.22. The summed E-state index contributed by atoms with van der Waals surface area (Å²) < 4.78 is 19.6. The maximum Gasteiger partial charge on any atom is 0.426 e. The predicted octanol–water partition coefficient (Wildman–Crippen LogP) is 3.90. The minimum Gasteiger partial charge on any atom is -0.443 e. The first-order chi connectivity index (χ1) is 14.0. The number of hydrogen-bond acceptors (Lipinski definition) is 8. The van der Waals surface area contributed by atoms with Crippen LogP contribution in [0.2, 0.25) is 0 Å². The first kappa shape index (κ1) is 31.3. The van der Waals surface area contributed by atoms with Crippen molar-refractivity contribution in [1.29, 1.82) is 0 Å². The van der Waals surface area contributed by atoms with Gasteiger partial charge in [-0.2, -0.15) is 0 Å². The highest BCUT2D eigenvalue weighted by Crippen LogP contribution is 2.08. The summed E-state index contributed by atoms with van der Waals surface area (Å²) in [5, 5.41) is 0. The van der Waals surface area contributed by atoms with Crippen LogP contribution in [0.4, 0.5) is 19.2 Å². The number of amides is 4. The van der Waals surface area contributed by atoms with Crippen molar-refractivity contribution in [2.24, 2.45) is 0 Å². The van der Waals surface area contributed by atoms with E-state index in [1.54, 1.807) is 83.1 Å². The Hall–Kier alpha value is -2.92. The van der Waals surface area contributed by atoms with Crippen molar-refractivity contribution in [1.82, 2.24) is 21.7 Å². The highest BCUT2D eigenvalue weighted by molar-refractivity contribution is 5.74. The molecule has 0 unspecified atom stereocenters. The van der Waals surface area contributed by atoms with Gasteiger partial charge in [0.25, 0.3) is 0 Å². The summed E-state index contributed by atoms with van der Waals surface area (Å²) in [6, 6.07) is 0. The third-order valence-corrected chi connectivity index (χ3v) is 2.13. The third-order valence-electron chi connectivity index (χ3n) is 2.13. The molecule has 0 aromatic carbocycles. The summed E-state index contributed by atoms with van der Waals surface area (Å²) in [7, 11) is 0. The van der Waals surface area contributed by atoms with Crippen molar-refractivity contribution in [2.45, 2.75) is 105 Å². The number of nitrogens with one attached hydrogen (secondary N) is 4. The molecular formula is C20H40N4O8. The van der Waals surface area contributed by atoms with Gasteiger partial charge in [0, 0.05) is 0 Å². The number of hydrogen-bond donors (Lipinski definition) is 4. The maximum atomic E-state index is 11.1. The summed E-state index contributed by atoms with van der Waals surface area (Å²) in [5.41, 5.74) is 5.86. The van der Waals surface area contributed by atoms with Crippen molar-refractivity contribution < 1.29 is 38.1 Å². The summed E-state index contributed by atoms with van der Waals surface area (Å²) in [4.78, 5) is 44.5. The van der Waals surface area contributed by atoms with Gasteiger partial charge in [-0.05, 0) is 83.1 Å². The molecule has 32 heavy (non-hydrogen) atoms. The normalized spacial score (nSPS) is 11.6. The van der Waals surface area contributed by atoms with Gasteiger partial charge in [-0.25, -0.2) is 40.9 Å². The molecule has 0 aromatic heterocycles. The summed E-state index contributed by atoms with van der Waals surface area (Å²) in [6.07, 6.45) is -2.95. The largest absolute Gasteiger partial charge is 0.443 e. The van der Waals surface area contributed by atoms with Gasteiger partial charge in [0.05, 0.1) is 0 Å². The zero-order chi connectivity index (χ0) is 26.0. The molecule has 0 spiro atoms. The molecule has 0 atom stereocenters. The lowest BCUT2D eigenvalue weighted by molar-refractivity contribution is 0.0363. The monoisotopic (exact) mass is 464 g/mol. The van der Waals surface area contributed by atoms with Crippen molar-refractivity contribution in [3.8, 4) is 0 Å². The Kier molecular flexibility index (Phi) is 11.9. The summed E-state index contributed by atoms with van der Waals surface area (Å²) >= 11 is 0. The van der Waals surface area contributed by atoms with E-state index in [0.29, 0.717) is 0 Å². The fourth-order valence-electron chi connectivity index (χ4n) is 1.42. The number of hydrazine groups is 2. The molecule has 0 radical (unpaired) electrons. The van der Waals surface area contributed by atoms with Crippen LogP contribution >= 0.6 is 0 Å². The highest BCUT2D eigenvalue weighted by Gasteiger charge is 2.20. The second-order valence-corrected chi connectivity index (χ2v) is 10.5. The van der Waals surface area contributed by atoms with Crippen LogP contribution in [-0.2, 0) is 18.9 Å². The van der Waals surface area contributed by atoms with E-state index >= 15 is 0 Å². The topological polar surface area (TPSA) is 153 Å². The van der Waals surface area contributed by atoms with E-state index in [1.807, 2.05) is 0 Å². The Balaban J connectivity index is 0. The van der Waals surface area contributed by atoms with E-state index in [-0.39, 0.29) is 0 Å². The average Bonchev–Trinajstić information content (AvgIpc) is 2.45. The van der Waals surface area contributed by atoms with Crippen LogP contribution in [0.1, 0.15) is 83.1 Å². The third kappa shape index (κ3) is 25.1. The summed E-state index contributed by atoms with van der Waals surface area (Å²) in [6.45, 7) is 20.7. The number of rotatable bonds is 0. The van der Waals surface area contributed by atoms with Crippen LogP contribution in [0.15, 0.2) is 0 Å². The molecule has 12 nitrogen and oxygen atoms in total. The maximum absolute atomic E-state index is 11.1. The SMILES string of the molecule is CC(C)(C)OC(=O)NNC(=O)OC(C)(C)C.CC(C)(C)OC(=O)NNC(=O)OC(C)(C)C. The Morgan fingerprint density at radius 1 is 0.375 bits per heavy atom. The van der Waals surface area contributed by atoms with Gasteiger partial charge >= 0.3 is 24.4 Å². The van der Waals surface area contributed by atoms with Crippen LogP contribution < -0.4 is 21.7 Å². The molecule has 0 bridgehead atoms. The Morgan fingerprint density at radius 2 is 0.500 bits per heavy atom. The molecule has 0 aromatic rings. The minimum absolute atomic E-state index is 0.611. The number of carbonyl (C=O) groups excluding carboxylic acids is 4. The molecule has 4 amide bonds. The molecule has 0 rings (SSSR count). The average molecular weight is 465 g/mol. The van der Waals surface area contributed by atoms with Gasteiger partial charge in [-0.3, -0.25) is 0 Å². The molecule has 12 heteroatoms. The fourth-order valence-corrected chi connectivity index (χ4v) is 1.42.